The topological polar surface area (TPSA) is 17.1 Å². The molecule has 0 aliphatic rings. The van der Waals surface area contributed by atoms with E-state index in [-0.39, 0.29) is 16.9 Å². The Bertz CT molecular complexity index is 324. The van der Waals surface area contributed by atoms with Gasteiger partial charge in [0.25, 0.3) is 0 Å². The molecule has 1 aromatic carbocycles. The highest BCUT2D eigenvalue weighted by Crippen LogP contribution is 2.15. The molecule has 0 aliphatic carbocycles. The van der Waals surface area contributed by atoms with Crippen molar-refractivity contribution < 1.29 is 9.18 Å². The molecule has 0 radical (unpaired) electrons. The zero-order valence-electron chi connectivity index (χ0n) is 7.53. The SMILES string of the molecule is Cc1cc(C(=O)CBr)cc(C)c1F. The van der Waals surface area contributed by atoms with E-state index in [4.69, 9.17) is 0 Å². The Labute approximate surface area is 85.1 Å². The van der Waals surface area contributed by atoms with E-state index in [2.05, 4.69) is 15.9 Å². The quantitative estimate of drug-likeness (QED) is 0.578. The first-order valence-electron chi connectivity index (χ1n) is 3.92. The maximum atomic E-state index is 13.2. The van der Waals surface area contributed by atoms with Crippen LogP contribution in [0.25, 0.3) is 0 Å². The lowest BCUT2D eigenvalue weighted by Crippen LogP contribution is -2.02. The van der Waals surface area contributed by atoms with Crippen LogP contribution in [0.2, 0.25) is 0 Å². The predicted octanol–water partition coefficient (Wildman–Crippen LogP) is 3.02. The molecule has 3 heteroatoms. The lowest BCUT2D eigenvalue weighted by molar-refractivity contribution is 0.102. The Kier molecular flexibility index (Phi) is 3.20. The minimum absolute atomic E-state index is 0.0220. The fourth-order valence-electron chi connectivity index (χ4n) is 1.18. The van der Waals surface area contributed by atoms with E-state index in [0.717, 1.165) is 0 Å². The number of ketones is 1. The molecule has 0 fully saturated rings. The molecule has 1 nitrogen and oxygen atoms in total. The van der Waals surface area contributed by atoms with E-state index in [1.807, 2.05) is 0 Å². The molecule has 1 aromatic rings. The van der Waals surface area contributed by atoms with Gasteiger partial charge in [-0.1, -0.05) is 15.9 Å². The molecule has 0 aromatic heterocycles. The molecule has 0 spiro atoms. The maximum absolute atomic E-state index is 13.2. The van der Waals surface area contributed by atoms with Crippen LogP contribution in [0.15, 0.2) is 12.1 Å². The minimum Gasteiger partial charge on any atom is -0.293 e. The summed E-state index contributed by atoms with van der Waals surface area (Å²) in [6, 6.07) is 3.15. The first-order valence-corrected chi connectivity index (χ1v) is 5.04. The Balaban J connectivity index is 3.20. The molecule has 0 saturated heterocycles. The molecule has 0 unspecified atom stereocenters. The fourth-order valence-corrected chi connectivity index (χ4v) is 1.51. The zero-order chi connectivity index (χ0) is 10.0. The van der Waals surface area contributed by atoms with Crippen molar-refractivity contribution in [2.24, 2.45) is 0 Å². The molecule has 0 saturated carbocycles. The summed E-state index contributed by atoms with van der Waals surface area (Å²) >= 11 is 3.08. The highest BCUT2D eigenvalue weighted by molar-refractivity contribution is 9.09. The number of hydrogen-bond donors (Lipinski definition) is 0. The largest absolute Gasteiger partial charge is 0.293 e. The summed E-state index contributed by atoms with van der Waals surface area (Å²) in [5.74, 6) is -0.252. The number of halogens is 2. The molecular formula is C10H10BrFO. The number of aryl methyl sites for hydroxylation is 2. The average molecular weight is 245 g/mol. The molecule has 0 bridgehead atoms. The van der Waals surface area contributed by atoms with Gasteiger partial charge in [0.2, 0.25) is 0 Å². The van der Waals surface area contributed by atoms with Crippen LogP contribution in [0.4, 0.5) is 4.39 Å². The van der Waals surface area contributed by atoms with Crippen molar-refractivity contribution in [1.29, 1.82) is 0 Å². The summed E-state index contributed by atoms with van der Waals surface area (Å²) < 4.78 is 13.2. The summed E-state index contributed by atoms with van der Waals surface area (Å²) in [5.41, 5.74) is 1.60. The normalized spacial score (nSPS) is 10.2. The predicted molar refractivity (Wildman–Crippen MR) is 54.0 cm³/mol. The first-order chi connectivity index (χ1) is 6.06. The zero-order valence-corrected chi connectivity index (χ0v) is 9.11. The maximum Gasteiger partial charge on any atom is 0.173 e. The number of carbonyl (C=O) groups excluding carboxylic acids is 1. The summed E-state index contributed by atoms with van der Waals surface area (Å²) in [4.78, 5) is 11.3. The van der Waals surface area contributed by atoms with Gasteiger partial charge in [0.05, 0.1) is 5.33 Å². The van der Waals surface area contributed by atoms with Gasteiger partial charge in [0, 0.05) is 5.56 Å². The summed E-state index contributed by atoms with van der Waals surface area (Å²) in [6.45, 7) is 3.32. The Morgan fingerprint density at radius 2 is 1.85 bits per heavy atom. The van der Waals surface area contributed by atoms with E-state index in [9.17, 15) is 9.18 Å². The second-order valence-electron chi connectivity index (χ2n) is 2.98. The van der Waals surface area contributed by atoms with Crippen LogP contribution in [0.5, 0.6) is 0 Å². The van der Waals surface area contributed by atoms with Gasteiger partial charge in [-0.25, -0.2) is 4.39 Å². The number of Topliss-reactive ketones (excluding diaryl/α,β-unsaturated/α-hetero) is 1. The second kappa shape index (κ2) is 4.01. The van der Waals surface area contributed by atoms with Gasteiger partial charge >= 0.3 is 0 Å². The Morgan fingerprint density at radius 1 is 1.38 bits per heavy atom. The van der Waals surface area contributed by atoms with Crippen LogP contribution in [-0.2, 0) is 0 Å². The number of rotatable bonds is 2. The first kappa shape index (κ1) is 10.4. The standard InChI is InChI=1S/C10H10BrFO/c1-6-3-8(9(13)5-11)4-7(2)10(6)12/h3-4H,5H2,1-2H3. The van der Waals surface area contributed by atoms with Crippen LogP contribution in [0, 0.1) is 19.7 Å². The van der Waals surface area contributed by atoms with Gasteiger partial charge in [-0.3, -0.25) is 4.79 Å². The number of alkyl halides is 1. The summed E-state index contributed by atoms with van der Waals surface area (Å²) in [5, 5.41) is 0.275. The second-order valence-corrected chi connectivity index (χ2v) is 3.54. The summed E-state index contributed by atoms with van der Waals surface area (Å²) in [7, 11) is 0. The molecule has 0 N–H and O–H groups in total. The lowest BCUT2D eigenvalue weighted by atomic mass is 10.0. The third-order valence-corrected chi connectivity index (χ3v) is 2.39. The van der Waals surface area contributed by atoms with Crippen LogP contribution in [-0.4, -0.2) is 11.1 Å². The summed E-state index contributed by atoms with van der Waals surface area (Å²) in [6.07, 6.45) is 0. The van der Waals surface area contributed by atoms with Crippen LogP contribution in [0.3, 0.4) is 0 Å². The van der Waals surface area contributed by atoms with Crippen LogP contribution in [0.1, 0.15) is 21.5 Å². The van der Waals surface area contributed by atoms with E-state index in [1.54, 1.807) is 26.0 Å². The molecule has 0 amide bonds. The molecule has 0 aliphatic heterocycles. The van der Waals surface area contributed by atoms with E-state index >= 15 is 0 Å². The van der Waals surface area contributed by atoms with E-state index < -0.39 is 0 Å². The highest BCUT2D eigenvalue weighted by Gasteiger charge is 2.08. The molecule has 1 rings (SSSR count). The van der Waals surface area contributed by atoms with Crippen molar-refractivity contribution in [3.8, 4) is 0 Å². The number of hydrogen-bond acceptors (Lipinski definition) is 1. The van der Waals surface area contributed by atoms with Crippen molar-refractivity contribution >= 4 is 21.7 Å². The molecule has 0 atom stereocenters. The van der Waals surface area contributed by atoms with Gasteiger partial charge in [0.15, 0.2) is 5.78 Å². The van der Waals surface area contributed by atoms with Crippen molar-refractivity contribution in [2.75, 3.05) is 5.33 Å². The highest BCUT2D eigenvalue weighted by atomic mass is 79.9. The molecule has 13 heavy (non-hydrogen) atoms. The van der Waals surface area contributed by atoms with E-state index in [0.29, 0.717) is 16.7 Å². The molecular weight excluding hydrogens is 235 g/mol. The van der Waals surface area contributed by atoms with Gasteiger partial charge < -0.3 is 0 Å². The Morgan fingerprint density at radius 3 is 2.23 bits per heavy atom. The van der Waals surface area contributed by atoms with Crippen molar-refractivity contribution in [2.45, 2.75) is 13.8 Å². The van der Waals surface area contributed by atoms with Gasteiger partial charge in [-0.15, -0.1) is 0 Å². The minimum atomic E-state index is -0.230. The van der Waals surface area contributed by atoms with Crippen LogP contribution < -0.4 is 0 Å². The van der Waals surface area contributed by atoms with E-state index in [1.165, 1.54) is 0 Å². The smallest absolute Gasteiger partial charge is 0.173 e. The third-order valence-electron chi connectivity index (χ3n) is 1.88. The van der Waals surface area contributed by atoms with Crippen molar-refractivity contribution in [3.05, 3.63) is 34.6 Å². The van der Waals surface area contributed by atoms with Gasteiger partial charge in [-0.05, 0) is 37.1 Å². The fraction of sp³-hybridized carbons (Fsp3) is 0.300. The lowest BCUT2D eigenvalue weighted by Gasteiger charge is -2.04. The Hall–Kier alpha value is -0.700. The van der Waals surface area contributed by atoms with Gasteiger partial charge in [0.1, 0.15) is 5.82 Å². The third kappa shape index (κ3) is 2.15. The van der Waals surface area contributed by atoms with Crippen molar-refractivity contribution in [3.63, 3.8) is 0 Å². The number of carbonyl (C=O) groups is 1. The number of benzene rings is 1. The van der Waals surface area contributed by atoms with Crippen LogP contribution >= 0.6 is 15.9 Å². The monoisotopic (exact) mass is 244 g/mol. The van der Waals surface area contributed by atoms with Gasteiger partial charge in [-0.2, -0.15) is 0 Å². The van der Waals surface area contributed by atoms with Crippen molar-refractivity contribution in [1.82, 2.24) is 0 Å². The average Bonchev–Trinajstić information content (AvgIpc) is 2.12. The molecule has 70 valence electrons. The molecule has 0 heterocycles.